The van der Waals surface area contributed by atoms with Crippen LogP contribution in [0.1, 0.15) is 17.3 Å². The number of amides is 1. The summed E-state index contributed by atoms with van der Waals surface area (Å²) in [6, 6.07) is 10.5. The van der Waals surface area contributed by atoms with Gasteiger partial charge in [0.1, 0.15) is 5.82 Å². The summed E-state index contributed by atoms with van der Waals surface area (Å²) < 4.78 is 18.1. The first-order valence-electron chi connectivity index (χ1n) is 7.01. The molecule has 0 heterocycles. The van der Waals surface area contributed by atoms with Crippen LogP contribution in [0.2, 0.25) is 5.02 Å². The lowest BCUT2D eigenvalue weighted by atomic mass is 10.2. The lowest BCUT2D eigenvalue weighted by Gasteiger charge is -2.14. The van der Waals surface area contributed by atoms with E-state index in [0.29, 0.717) is 5.56 Å². The van der Waals surface area contributed by atoms with Crippen LogP contribution in [0.4, 0.5) is 10.1 Å². The SMILES string of the molecule is CSc1ccc(C(=O)O[C@@H](C)C(=O)Nc2ccc(F)cc2Cl)cc1. The van der Waals surface area contributed by atoms with Gasteiger partial charge in [0.05, 0.1) is 16.3 Å². The average molecular weight is 368 g/mol. The van der Waals surface area contributed by atoms with Gasteiger partial charge < -0.3 is 10.1 Å². The molecule has 0 radical (unpaired) electrons. The molecule has 0 aliphatic carbocycles. The summed E-state index contributed by atoms with van der Waals surface area (Å²) in [6.45, 7) is 1.45. The van der Waals surface area contributed by atoms with Crippen LogP contribution in [-0.2, 0) is 9.53 Å². The van der Waals surface area contributed by atoms with Crippen LogP contribution < -0.4 is 5.32 Å². The molecule has 0 fully saturated rings. The maximum absolute atomic E-state index is 13.0. The Morgan fingerprint density at radius 3 is 2.46 bits per heavy atom. The molecule has 126 valence electrons. The predicted molar refractivity (Wildman–Crippen MR) is 93.1 cm³/mol. The Morgan fingerprint density at radius 2 is 1.88 bits per heavy atom. The predicted octanol–water partition coefficient (Wildman–Crippen LogP) is 4.39. The van der Waals surface area contributed by atoms with Crippen LogP contribution in [0, 0.1) is 5.82 Å². The summed E-state index contributed by atoms with van der Waals surface area (Å²) in [7, 11) is 0. The number of thioether (sulfide) groups is 1. The molecule has 1 amide bonds. The molecule has 0 aliphatic rings. The number of rotatable bonds is 5. The van der Waals surface area contributed by atoms with Gasteiger partial charge in [0.2, 0.25) is 0 Å². The van der Waals surface area contributed by atoms with E-state index in [0.717, 1.165) is 11.0 Å². The van der Waals surface area contributed by atoms with E-state index in [9.17, 15) is 14.0 Å². The first kappa shape index (κ1) is 18.3. The van der Waals surface area contributed by atoms with Crippen molar-refractivity contribution in [1.29, 1.82) is 0 Å². The second kappa shape index (κ2) is 8.17. The fraction of sp³-hybridized carbons (Fsp3) is 0.176. The Balaban J connectivity index is 1.98. The Labute approximate surface area is 148 Å². The maximum Gasteiger partial charge on any atom is 0.338 e. The molecule has 2 aromatic rings. The highest BCUT2D eigenvalue weighted by molar-refractivity contribution is 7.98. The third-order valence-corrected chi connectivity index (χ3v) is 4.22. The lowest BCUT2D eigenvalue weighted by Crippen LogP contribution is -2.30. The van der Waals surface area contributed by atoms with Gasteiger partial charge in [-0.3, -0.25) is 4.79 Å². The van der Waals surface area contributed by atoms with Crippen molar-refractivity contribution in [2.45, 2.75) is 17.9 Å². The topological polar surface area (TPSA) is 55.4 Å². The highest BCUT2D eigenvalue weighted by Gasteiger charge is 2.20. The van der Waals surface area contributed by atoms with Gasteiger partial charge in [0.25, 0.3) is 5.91 Å². The van der Waals surface area contributed by atoms with Crippen LogP contribution in [-0.4, -0.2) is 24.2 Å². The number of hydrogen-bond acceptors (Lipinski definition) is 4. The van der Waals surface area contributed by atoms with Gasteiger partial charge in [-0.15, -0.1) is 11.8 Å². The zero-order valence-electron chi connectivity index (χ0n) is 13.0. The highest BCUT2D eigenvalue weighted by atomic mass is 35.5. The van der Waals surface area contributed by atoms with Crippen molar-refractivity contribution in [2.75, 3.05) is 11.6 Å². The molecule has 4 nitrogen and oxygen atoms in total. The van der Waals surface area contributed by atoms with Gasteiger partial charge in [0, 0.05) is 4.90 Å². The van der Waals surface area contributed by atoms with Crippen molar-refractivity contribution < 1.29 is 18.7 Å². The molecule has 0 aliphatic heterocycles. The molecule has 0 spiro atoms. The molecule has 1 N–H and O–H groups in total. The van der Waals surface area contributed by atoms with Crippen molar-refractivity contribution >= 4 is 40.9 Å². The number of benzene rings is 2. The Hall–Kier alpha value is -2.05. The van der Waals surface area contributed by atoms with E-state index in [2.05, 4.69) is 5.32 Å². The van der Waals surface area contributed by atoms with Crippen LogP contribution in [0.3, 0.4) is 0 Å². The second-order valence-corrected chi connectivity index (χ2v) is 6.18. The van der Waals surface area contributed by atoms with E-state index in [-0.39, 0.29) is 10.7 Å². The summed E-state index contributed by atoms with van der Waals surface area (Å²) >= 11 is 7.40. The fourth-order valence-corrected chi connectivity index (χ4v) is 2.46. The summed E-state index contributed by atoms with van der Waals surface area (Å²) in [6.07, 6.45) is 0.902. The van der Waals surface area contributed by atoms with E-state index in [1.54, 1.807) is 36.0 Å². The molecular formula is C17H15ClFNO3S. The molecule has 24 heavy (non-hydrogen) atoms. The zero-order chi connectivity index (χ0) is 17.7. The standard InChI is InChI=1S/C17H15ClFNO3S/c1-10(16(21)20-15-8-5-12(19)9-14(15)18)23-17(22)11-3-6-13(24-2)7-4-11/h3-10H,1-2H3,(H,20,21)/t10-/m0/s1. The summed E-state index contributed by atoms with van der Waals surface area (Å²) in [5, 5.41) is 2.56. The normalized spacial score (nSPS) is 11.7. The molecule has 0 saturated carbocycles. The number of hydrogen-bond donors (Lipinski definition) is 1. The van der Waals surface area contributed by atoms with Gasteiger partial charge in [-0.25, -0.2) is 9.18 Å². The van der Waals surface area contributed by atoms with Gasteiger partial charge >= 0.3 is 5.97 Å². The maximum atomic E-state index is 13.0. The fourth-order valence-electron chi connectivity index (χ4n) is 1.83. The summed E-state index contributed by atoms with van der Waals surface area (Å²) in [5.41, 5.74) is 0.600. The van der Waals surface area contributed by atoms with Crippen molar-refractivity contribution in [2.24, 2.45) is 0 Å². The Bertz CT molecular complexity index is 752. The van der Waals surface area contributed by atoms with Crippen LogP contribution >= 0.6 is 23.4 Å². The molecule has 0 saturated heterocycles. The van der Waals surface area contributed by atoms with E-state index < -0.39 is 23.8 Å². The van der Waals surface area contributed by atoms with Gasteiger partial charge in [-0.05, 0) is 55.6 Å². The van der Waals surface area contributed by atoms with Crippen LogP contribution in [0.15, 0.2) is 47.4 Å². The van der Waals surface area contributed by atoms with Gasteiger partial charge in [0.15, 0.2) is 6.10 Å². The van der Waals surface area contributed by atoms with E-state index in [1.165, 1.54) is 19.1 Å². The van der Waals surface area contributed by atoms with Crippen LogP contribution in [0.25, 0.3) is 0 Å². The lowest BCUT2D eigenvalue weighted by molar-refractivity contribution is -0.123. The molecule has 2 aromatic carbocycles. The van der Waals surface area contributed by atoms with E-state index >= 15 is 0 Å². The first-order valence-corrected chi connectivity index (χ1v) is 8.62. The number of halogens is 2. The Morgan fingerprint density at radius 1 is 1.21 bits per heavy atom. The van der Waals surface area contributed by atoms with Crippen molar-refractivity contribution in [1.82, 2.24) is 0 Å². The molecule has 2 rings (SSSR count). The minimum Gasteiger partial charge on any atom is -0.449 e. The number of esters is 1. The molecular weight excluding hydrogens is 353 g/mol. The molecule has 0 unspecified atom stereocenters. The molecule has 1 atom stereocenters. The third kappa shape index (κ3) is 4.72. The molecule has 0 bridgehead atoms. The van der Waals surface area contributed by atoms with E-state index in [1.807, 2.05) is 6.26 Å². The first-order chi connectivity index (χ1) is 11.4. The highest BCUT2D eigenvalue weighted by Crippen LogP contribution is 2.23. The second-order valence-electron chi connectivity index (χ2n) is 4.89. The summed E-state index contributed by atoms with van der Waals surface area (Å²) in [4.78, 5) is 25.1. The van der Waals surface area contributed by atoms with Crippen molar-refractivity contribution in [3.8, 4) is 0 Å². The van der Waals surface area contributed by atoms with Gasteiger partial charge in [-0.2, -0.15) is 0 Å². The quantitative estimate of drug-likeness (QED) is 0.629. The third-order valence-electron chi connectivity index (χ3n) is 3.17. The minimum atomic E-state index is -1.03. The summed E-state index contributed by atoms with van der Waals surface area (Å²) in [5.74, 6) is -1.67. The number of carbonyl (C=O) groups excluding carboxylic acids is 2. The number of anilines is 1. The zero-order valence-corrected chi connectivity index (χ0v) is 14.6. The number of nitrogens with one attached hydrogen (secondary N) is 1. The number of ether oxygens (including phenoxy) is 1. The minimum absolute atomic E-state index is 0.0644. The Kier molecular flexibility index (Phi) is 6.23. The monoisotopic (exact) mass is 367 g/mol. The van der Waals surface area contributed by atoms with Crippen molar-refractivity contribution in [3.63, 3.8) is 0 Å². The van der Waals surface area contributed by atoms with Crippen LogP contribution in [0.5, 0.6) is 0 Å². The largest absolute Gasteiger partial charge is 0.449 e. The molecule has 0 aromatic heterocycles. The van der Waals surface area contributed by atoms with Gasteiger partial charge in [-0.1, -0.05) is 11.6 Å². The average Bonchev–Trinajstić information content (AvgIpc) is 2.57. The smallest absolute Gasteiger partial charge is 0.338 e. The van der Waals surface area contributed by atoms with Crippen molar-refractivity contribution in [3.05, 3.63) is 58.9 Å². The molecule has 7 heteroatoms. The van der Waals surface area contributed by atoms with E-state index in [4.69, 9.17) is 16.3 Å². The number of carbonyl (C=O) groups is 2.